The van der Waals surface area contributed by atoms with Crippen LogP contribution in [0, 0.1) is 6.92 Å². The number of amides is 1. The lowest BCUT2D eigenvalue weighted by atomic mass is 10.0. The summed E-state index contributed by atoms with van der Waals surface area (Å²) in [6.07, 6.45) is 5.26. The highest BCUT2D eigenvalue weighted by atomic mass is 16.2. The predicted molar refractivity (Wildman–Crippen MR) is 140 cm³/mol. The summed E-state index contributed by atoms with van der Waals surface area (Å²) in [5, 5.41) is 8.18. The molecule has 0 fully saturated rings. The molecular formula is C26H28N8O2. The topological polar surface area (TPSA) is 126 Å². The number of imidazole rings is 1. The highest BCUT2D eigenvalue weighted by Gasteiger charge is 2.20. The average Bonchev–Trinajstić information content (AvgIpc) is 3.36. The van der Waals surface area contributed by atoms with Gasteiger partial charge in [-0.1, -0.05) is 6.07 Å². The molecule has 0 radical (unpaired) electrons. The maximum absolute atomic E-state index is 13.4. The van der Waals surface area contributed by atoms with Crippen molar-refractivity contribution in [1.82, 2.24) is 34.2 Å². The van der Waals surface area contributed by atoms with Crippen molar-refractivity contribution in [3.63, 3.8) is 0 Å². The normalized spacial score (nSPS) is 11.6. The van der Waals surface area contributed by atoms with E-state index in [-0.39, 0.29) is 23.5 Å². The van der Waals surface area contributed by atoms with Crippen LogP contribution in [0.15, 0.2) is 47.7 Å². The van der Waals surface area contributed by atoms with Crippen molar-refractivity contribution in [2.45, 2.75) is 33.7 Å². The number of aryl methyl sites for hydroxylation is 2. The Morgan fingerprint density at radius 1 is 1.14 bits per heavy atom. The monoisotopic (exact) mass is 484 g/mol. The van der Waals surface area contributed by atoms with E-state index in [9.17, 15) is 9.59 Å². The maximum atomic E-state index is 13.4. The number of rotatable bonds is 5. The van der Waals surface area contributed by atoms with E-state index in [1.54, 1.807) is 34.6 Å². The van der Waals surface area contributed by atoms with E-state index in [1.165, 1.54) is 0 Å². The number of nitrogens with two attached hydrogens (primary N) is 1. The van der Waals surface area contributed by atoms with Gasteiger partial charge in [-0.05, 0) is 51.5 Å². The van der Waals surface area contributed by atoms with Crippen LogP contribution in [0.4, 0.5) is 5.82 Å². The second-order valence-corrected chi connectivity index (χ2v) is 9.09. The van der Waals surface area contributed by atoms with Crippen molar-refractivity contribution >= 4 is 33.7 Å². The lowest BCUT2D eigenvalue weighted by Crippen LogP contribution is -2.24. The summed E-state index contributed by atoms with van der Waals surface area (Å²) in [6, 6.07) is 7.68. The highest BCUT2D eigenvalue weighted by molar-refractivity contribution is 6.05. The zero-order valence-corrected chi connectivity index (χ0v) is 20.9. The van der Waals surface area contributed by atoms with Gasteiger partial charge in [-0.15, -0.1) is 0 Å². The van der Waals surface area contributed by atoms with Crippen LogP contribution in [-0.4, -0.2) is 41.3 Å². The third kappa shape index (κ3) is 3.62. The molecule has 4 heterocycles. The van der Waals surface area contributed by atoms with Gasteiger partial charge in [-0.2, -0.15) is 5.10 Å². The molecule has 0 saturated carbocycles. The molecule has 1 amide bonds. The third-order valence-corrected chi connectivity index (χ3v) is 6.38. The van der Waals surface area contributed by atoms with Crippen LogP contribution < -0.4 is 16.7 Å². The molecule has 0 bridgehead atoms. The Morgan fingerprint density at radius 3 is 2.61 bits per heavy atom. The molecule has 0 aliphatic heterocycles. The fourth-order valence-corrected chi connectivity index (χ4v) is 4.43. The number of aromatic nitrogens is 6. The number of hydrogen-bond acceptors (Lipinski definition) is 6. The van der Waals surface area contributed by atoms with Gasteiger partial charge >= 0.3 is 5.69 Å². The second-order valence-electron chi connectivity index (χ2n) is 9.09. The van der Waals surface area contributed by atoms with Gasteiger partial charge < -0.3 is 11.1 Å². The molecule has 0 saturated heterocycles. The van der Waals surface area contributed by atoms with Gasteiger partial charge in [0, 0.05) is 43.0 Å². The molecule has 4 aromatic heterocycles. The number of nitrogens with one attached hydrogen (secondary N) is 1. The van der Waals surface area contributed by atoms with Crippen LogP contribution in [0.25, 0.3) is 38.8 Å². The van der Waals surface area contributed by atoms with Crippen molar-refractivity contribution in [3.05, 3.63) is 64.6 Å². The molecule has 5 rings (SSSR count). The minimum Gasteiger partial charge on any atom is -0.383 e. The van der Waals surface area contributed by atoms with Crippen molar-refractivity contribution in [1.29, 1.82) is 0 Å². The lowest BCUT2D eigenvalue weighted by molar-refractivity contribution is 0.0956. The molecule has 10 nitrogen and oxygen atoms in total. The van der Waals surface area contributed by atoms with Gasteiger partial charge in [0.15, 0.2) is 0 Å². The molecule has 0 unspecified atom stereocenters. The van der Waals surface area contributed by atoms with Crippen molar-refractivity contribution < 1.29 is 4.79 Å². The number of carbonyl (C=O) groups is 1. The zero-order valence-electron chi connectivity index (χ0n) is 20.9. The summed E-state index contributed by atoms with van der Waals surface area (Å²) in [7, 11) is 1.74. The number of nitrogens with zero attached hydrogens (tertiary/aromatic N) is 6. The first-order valence-corrected chi connectivity index (χ1v) is 11.8. The largest absolute Gasteiger partial charge is 0.383 e. The molecule has 10 heteroatoms. The SMILES string of the molecule is CCNC(=O)c1cc(-c2ccc3ncc4c(c3c2)n(-c2cn(C(C)C)nc2C)c(=O)n4C)cnc1N. The Kier molecular flexibility index (Phi) is 5.58. The van der Waals surface area contributed by atoms with Gasteiger partial charge in [0.2, 0.25) is 0 Å². The summed E-state index contributed by atoms with van der Waals surface area (Å²) < 4.78 is 5.15. The lowest BCUT2D eigenvalue weighted by Gasteiger charge is -2.10. The molecular weight excluding hydrogens is 456 g/mol. The van der Waals surface area contributed by atoms with E-state index in [1.807, 2.05) is 56.8 Å². The fraction of sp³-hybridized carbons (Fsp3) is 0.269. The van der Waals surface area contributed by atoms with Crippen LogP contribution in [0.2, 0.25) is 0 Å². The molecule has 184 valence electrons. The molecule has 0 aliphatic rings. The van der Waals surface area contributed by atoms with Crippen LogP contribution in [-0.2, 0) is 7.05 Å². The van der Waals surface area contributed by atoms with E-state index in [0.29, 0.717) is 17.6 Å². The first-order chi connectivity index (χ1) is 17.2. The zero-order chi connectivity index (χ0) is 25.7. The fourth-order valence-electron chi connectivity index (χ4n) is 4.43. The van der Waals surface area contributed by atoms with Gasteiger partial charge in [0.1, 0.15) is 5.82 Å². The number of pyridine rings is 2. The van der Waals surface area contributed by atoms with E-state index in [0.717, 1.165) is 38.9 Å². The van der Waals surface area contributed by atoms with Crippen LogP contribution in [0.1, 0.15) is 42.9 Å². The van der Waals surface area contributed by atoms with Crippen molar-refractivity contribution in [2.24, 2.45) is 7.05 Å². The van der Waals surface area contributed by atoms with Crippen molar-refractivity contribution in [2.75, 3.05) is 12.3 Å². The number of hydrogen-bond donors (Lipinski definition) is 2. The van der Waals surface area contributed by atoms with E-state index >= 15 is 0 Å². The van der Waals surface area contributed by atoms with Gasteiger partial charge in [0.05, 0.1) is 39.7 Å². The molecule has 3 N–H and O–H groups in total. The Morgan fingerprint density at radius 2 is 1.92 bits per heavy atom. The summed E-state index contributed by atoms with van der Waals surface area (Å²) in [5.41, 5.74) is 11.4. The third-order valence-electron chi connectivity index (χ3n) is 6.38. The Hall–Kier alpha value is -4.47. The van der Waals surface area contributed by atoms with Crippen LogP contribution in [0.5, 0.6) is 0 Å². The predicted octanol–water partition coefficient (Wildman–Crippen LogP) is 3.36. The molecule has 36 heavy (non-hydrogen) atoms. The Labute approximate surface area is 207 Å². The minimum atomic E-state index is -0.274. The second kappa shape index (κ2) is 8.63. The average molecular weight is 485 g/mol. The number of fused-ring (bicyclic) bond motifs is 3. The quantitative estimate of drug-likeness (QED) is 0.394. The van der Waals surface area contributed by atoms with E-state index < -0.39 is 0 Å². The molecule has 5 aromatic rings. The van der Waals surface area contributed by atoms with Crippen molar-refractivity contribution in [3.8, 4) is 16.8 Å². The first kappa shape index (κ1) is 23.3. The Bertz CT molecular complexity index is 1710. The van der Waals surface area contributed by atoms with Crippen LogP contribution in [0.3, 0.4) is 0 Å². The number of carbonyl (C=O) groups excluding carboxylic acids is 1. The number of nitrogen functional groups attached to an aromatic ring is 1. The summed E-state index contributed by atoms with van der Waals surface area (Å²) in [5.74, 6) is -0.104. The number of anilines is 1. The standard InChI is InChI=1S/C26H28N8O2/c1-6-28-25(35)19-10-17(11-30-24(19)27)16-7-8-20-18(9-16)23-21(12-29-20)32(5)26(36)34(23)22-13-33(14(2)3)31-15(22)4/h7-14H,6H2,1-5H3,(H2,27,30)(H,28,35). The van der Waals surface area contributed by atoms with Crippen LogP contribution >= 0.6 is 0 Å². The smallest absolute Gasteiger partial charge is 0.333 e. The van der Waals surface area contributed by atoms with Gasteiger partial charge in [0.25, 0.3) is 5.91 Å². The summed E-state index contributed by atoms with van der Waals surface area (Å²) >= 11 is 0. The first-order valence-electron chi connectivity index (χ1n) is 11.8. The summed E-state index contributed by atoms with van der Waals surface area (Å²) in [4.78, 5) is 34.7. The maximum Gasteiger partial charge on any atom is 0.333 e. The number of benzene rings is 1. The molecule has 0 spiro atoms. The molecule has 0 aliphatic carbocycles. The summed E-state index contributed by atoms with van der Waals surface area (Å²) in [6.45, 7) is 8.32. The van der Waals surface area contributed by atoms with Gasteiger partial charge in [-0.3, -0.25) is 23.6 Å². The minimum absolute atomic E-state index is 0.158. The van der Waals surface area contributed by atoms with E-state index in [2.05, 4.69) is 20.4 Å². The highest BCUT2D eigenvalue weighted by Crippen LogP contribution is 2.31. The molecule has 1 aromatic carbocycles. The Balaban J connectivity index is 1.78. The van der Waals surface area contributed by atoms with E-state index in [4.69, 9.17) is 5.73 Å². The van der Waals surface area contributed by atoms with Gasteiger partial charge in [-0.25, -0.2) is 9.78 Å². The molecule has 0 atom stereocenters.